The van der Waals surface area contributed by atoms with Gasteiger partial charge in [0.25, 0.3) is 0 Å². The van der Waals surface area contributed by atoms with Gasteiger partial charge in [-0.05, 0) is 19.9 Å². The van der Waals surface area contributed by atoms with E-state index in [2.05, 4.69) is 14.8 Å². The summed E-state index contributed by atoms with van der Waals surface area (Å²) in [5, 5.41) is 2.73. The molecule has 0 heterocycles. The lowest BCUT2D eigenvalue weighted by molar-refractivity contribution is -0.173. The number of alkyl halides is 3. The maximum Gasteiger partial charge on any atom is 0.411 e. The summed E-state index contributed by atoms with van der Waals surface area (Å²) in [7, 11) is 0. The Morgan fingerprint density at radius 1 is 1.38 bits per heavy atom. The minimum absolute atomic E-state index is 0.00926. The number of esters is 1. The van der Waals surface area contributed by atoms with Crippen LogP contribution in [0.5, 0.6) is 0 Å². The molecule has 4 nitrogen and oxygen atoms in total. The van der Waals surface area contributed by atoms with E-state index in [1.54, 1.807) is 6.92 Å². The van der Waals surface area contributed by atoms with E-state index in [9.17, 15) is 18.0 Å². The molecule has 0 aromatic carbocycles. The number of halogens is 3. The van der Waals surface area contributed by atoms with Crippen LogP contribution in [0.1, 0.15) is 13.3 Å². The van der Waals surface area contributed by atoms with E-state index in [0.29, 0.717) is 19.6 Å². The van der Waals surface area contributed by atoms with Gasteiger partial charge in [-0.15, -0.1) is 0 Å². The van der Waals surface area contributed by atoms with Crippen molar-refractivity contribution in [3.63, 3.8) is 0 Å². The molecule has 7 heteroatoms. The summed E-state index contributed by atoms with van der Waals surface area (Å²) in [6, 6.07) is 0. The molecule has 0 aliphatic carbocycles. The third-order valence-corrected chi connectivity index (χ3v) is 1.48. The first kappa shape index (κ1) is 15.2. The molecule has 0 saturated heterocycles. The molecule has 0 spiro atoms. The van der Waals surface area contributed by atoms with Crippen molar-refractivity contribution >= 4 is 5.97 Å². The van der Waals surface area contributed by atoms with Crippen LogP contribution in [0.15, 0.2) is 0 Å². The zero-order chi connectivity index (χ0) is 12.4. The Kier molecular flexibility index (Phi) is 7.92. The standard InChI is InChI=1S/C9H16F3NO3/c1-2-16-8(14)6-13-4-3-5-15-7-9(10,11)12/h13H,2-7H2,1H3. The molecule has 0 radical (unpaired) electrons. The number of nitrogens with one attached hydrogen (secondary N) is 1. The summed E-state index contributed by atoms with van der Waals surface area (Å²) in [5.74, 6) is -0.376. The molecule has 0 aliphatic rings. The average Bonchev–Trinajstić information content (AvgIpc) is 2.15. The van der Waals surface area contributed by atoms with Gasteiger partial charge in [0.1, 0.15) is 6.61 Å². The van der Waals surface area contributed by atoms with Gasteiger partial charge in [0.05, 0.1) is 13.2 Å². The Balaban J connectivity index is 3.19. The molecule has 0 aromatic rings. The van der Waals surface area contributed by atoms with Crippen molar-refractivity contribution in [3.05, 3.63) is 0 Å². The molecule has 0 amide bonds. The molecule has 0 unspecified atom stereocenters. The van der Waals surface area contributed by atoms with Gasteiger partial charge in [0.15, 0.2) is 0 Å². The second kappa shape index (κ2) is 8.35. The van der Waals surface area contributed by atoms with Gasteiger partial charge >= 0.3 is 12.1 Å². The highest BCUT2D eigenvalue weighted by molar-refractivity contribution is 5.71. The molecular formula is C9H16F3NO3. The second-order valence-electron chi connectivity index (χ2n) is 3.00. The van der Waals surface area contributed by atoms with Gasteiger partial charge in [-0.1, -0.05) is 0 Å². The molecule has 0 rings (SSSR count). The Morgan fingerprint density at radius 3 is 2.62 bits per heavy atom. The van der Waals surface area contributed by atoms with E-state index >= 15 is 0 Å². The fraction of sp³-hybridized carbons (Fsp3) is 0.889. The number of hydrogen-bond donors (Lipinski definition) is 1. The van der Waals surface area contributed by atoms with E-state index in [1.807, 2.05) is 0 Å². The highest BCUT2D eigenvalue weighted by Crippen LogP contribution is 2.14. The van der Waals surface area contributed by atoms with Gasteiger partial charge in [0, 0.05) is 6.61 Å². The van der Waals surface area contributed by atoms with Crippen LogP contribution >= 0.6 is 0 Å². The topological polar surface area (TPSA) is 47.6 Å². The smallest absolute Gasteiger partial charge is 0.411 e. The Hall–Kier alpha value is -0.820. The van der Waals surface area contributed by atoms with Crippen molar-refractivity contribution in [2.75, 3.05) is 32.9 Å². The summed E-state index contributed by atoms with van der Waals surface area (Å²) in [5.41, 5.74) is 0. The lowest BCUT2D eigenvalue weighted by Gasteiger charge is -2.07. The first-order valence-corrected chi connectivity index (χ1v) is 4.96. The van der Waals surface area contributed by atoms with Crippen molar-refractivity contribution in [1.82, 2.24) is 5.32 Å². The largest absolute Gasteiger partial charge is 0.465 e. The van der Waals surface area contributed by atoms with Crippen LogP contribution in [0.3, 0.4) is 0 Å². The van der Waals surface area contributed by atoms with Crippen molar-refractivity contribution in [3.8, 4) is 0 Å². The third kappa shape index (κ3) is 11.3. The van der Waals surface area contributed by atoms with Gasteiger partial charge in [-0.25, -0.2) is 0 Å². The van der Waals surface area contributed by atoms with E-state index in [-0.39, 0.29) is 19.1 Å². The zero-order valence-corrected chi connectivity index (χ0v) is 9.10. The Morgan fingerprint density at radius 2 is 2.06 bits per heavy atom. The maximum absolute atomic E-state index is 11.6. The van der Waals surface area contributed by atoms with Gasteiger partial charge in [-0.3, -0.25) is 4.79 Å². The van der Waals surface area contributed by atoms with Gasteiger partial charge in [-0.2, -0.15) is 13.2 Å². The first-order chi connectivity index (χ1) is 7.45. The van der Waals surface area contributed by atoms with Crippen molar-refractivity contribution in [2.45, 2.75) is 19.5 Å². The van der Waals surface area contributed by atoms with E-state index in [4.69, 9.17) is 0 Å². The summed E-state index contributed by atoms with van der Waals surface area (Å²) < 4.78 is 43.9. The minimum atomic E-state index is -4.28. The van der Waals surface area contributed by atoms with Crippen molar-refractivity contribution in [2.24, 2.45) is 0 Å². The lowest BCUT2D eigenvalue weighted by atomic mass is 10.4. The average molecular weight is 243 g/mol. The van der Waals surface area contributed by atoms with Crippen LogP contribution in [0, 0.1) is 0 Å². The highest BCUT2D eigenvalue weighted by Gasteiger charge is 2.27. The minimum Gasteiger partial charge on any atom is -0.465 e. The van der Waals surface area contributed by atoms with Crippen molar-refractivity contribution in [1.29, 1.82) is 0 Å². The molecule has 0 fully saturated rings. The highest BCUT2D eigenvalue weighted by atomic mass is 19.4. The molecule has 0 bridgehead atoms. The molecule has 16 heavy (non-hydrogen) atoms. The van der Waals surface area contributed by atoms with E-state index in [0.717, 1.165) is 0 Å². The van der Waals surface area contributed by atoms with Crippen LogP contribution < -0.4 is 5.32 Å². The predicted molar refractivity (Wildman–Crippen MR) is 51.0 cm³/mol. The predicted octanol–water partition coefficient (Wildman–Crippen LogP) is 1.11. The lowest BCUT2D eigenvalue weighted by Crippen LogP contribution is -2.26. The normalized spacial score (nSPS) is 11.5. The second-order valence-corrected chi connectivity index (χ2v) is 3.00. The fourth-order valence-electron chi connectivity index (χ4n) is 0.890. The Bertz CT molecular complexity index is 197. The SMILES string of the molecule is CCOC(=O)CNCCCOCC(F)(F)F. The molecule has 0 aromatic heterocycles. The maximum atomic E-state index is 11.6. The number of carbonyl (C=O) groups excluding carboxylic acids is 1. The summed E-state index contributed by atoms with van der Waals surface area (Å²) >= 11 is 0. The van der Waals surface area contributed by atoms with Crippen LogP contribution in [-0.4, -0.2) is 45.1 Å². The van der Waals surface area contributed by atoms with Crippen LogP contribution in [0.25, 0.3) is 0 Å². The van der Waals surface area contributed by atoms with E-state index in [1.165, 1.54) is 0 Å². The number of rotatable bonds is 8. The Labute approximate surface area is 92.1 Å². The number of ether oxygens (including phenoxy) is 2. The van der Waals surface area contributed by atoms with Gasteiger partial charge in [0.2, 0.25) is 0 Å². The van der Waals surface area contributed by atoms with Crippen LogP contribution in [0.2, 0.25) is 0 Å². The van der Waals surface area contributed by atoms with Gasteiger partial charge < -0.3 is 14.8 Å². The first-order valence-electron chi connectivity index (χ1n) is 4.96. The quantitative estimate of drug-likeness (QED) is 0.512. The summed E-state index contributed by atoms with van der Waals surface area (Å²) in [6.45, 7) is 1.27. The van der Waals surface area contributed by atoms with Crippen molar-refractivity contribution < 1.29 is 27.4 Å². The summed E-state index contributed by atoms with van der Waals surface area (Å²) in [4.78, 5) is 10.8. The van der Waals surface area contributed by atoms with Crippen LogP contribution in [-0.2, 0) is 14.3 Å². The zero-order valence-electron chi connectivity index (χ0n) is 9.10. The molecule has 0 aliphatic heterocycles. The molecule has 96 valence electrons. The number of hydrogen-bond acceptors (Lipinski definition) is 4. The van der Waals surface area contributed by atoms with E-state index < -0.39 is 12.8 Å². The molecule has 1 N–H and O–H groups in total. The molecule has 0 atom stereocenters. The van der Waals surface area contributed by atoms with Crippen LogP contribution in [0.4, 0.5) is 13.2 Å². The third-order valence-electron chi connectivity index (χ3n) is 1.48. The fourth-order valence-corrected chi connectivity index (χ4v) is 0.890. The summed E-state index contributed by atoms with van der Waals surface area (Å²) in [6.07, 6.45) is -3.87. The monoisotopic (exact) mass is 243 g/mol. The molecule has 0 saturated carbocycles. The number of carbonyl (C=O) groups is 1. The molecular weight excluding hydrogens is 227 g/mol.